The average Bonchev–Trinajstić information content (AvgIpc) is 1.80. The van der Waals surface area contributed by atoms with Crippen LogP contribution < -0.4 is 0 Å². The largest absolute Gasteiger partial charge is 0.0955 e. The number of hydrogen-bond donors (Lipinski definition) is 0. The van der Waals surface area contributed by atoms with Gasteiger partial charge >= 0.3 is 0 Å². The summed E-state index contributed by atoms with van der Waals surface area (Å²) in [5, 5.41) is 0.780. The maximum Gasteiger partial charge on any atom is 0.0511 e. The molecule has 9 heavy (non-hydrogen) atoms. The molecule has 2 heteroatoms. The summed E-state index contributed by atoms with van der Waals surface area (Å²) in [6.07, 6.45) is 4.74. The second-order valence-corrected chi connectivity index (χ2v) is 3.17. The summed E-state index contributed by atoms with van der Waals surface area (Å²) in [4.78, 5) is 0. The normalized spacial score (nSPS) is 19.1. The first kappa shape index (κ1) is 7.10. The van der Waals surface area contributed by atoms with Crippen molar-refractivity contribution in [2.24, 2.45) is 0 Å². The molecule has 0 aromatic carbocycles. The summed E-state index contributed by atoms with van der Waals surface area (Å²) in [5.41, 5.74) is 1.09. The van der Waals surface area contributed by atoms with Gasteiger partial charge in [0.25, 0.3) is 0 Å². The lowest BCUT2D eigenvalue weighted by molar-refractivity contribution is 1.26. The van der Waals surface area contributed by atoms with Crippen LogP contribution in [0.4, 0.5) is 0 Å². The molecule has 48 valence electrons. The molecule has 1 rings (SSSR count). The summed E-state index contributed by atoms with van der Waals surface area (Å²) >= 11 is 9.03. The zero-order valence-electron chi connectivity index (χ0n) is 4.82. The van der Waals surface area contributed by atoms with Crippen LogP contribution in [0.15, 0.2) is 33.8 Å². The molecule has 0 nitrogen and oxygen atoms in total. The van der Waals surface area contributed by atoms with E-state index in [4.69, 9.17) is 11.6 Å². The first-order valence-electron chi connectivity index (χ1n) is 2.61. The van der Waals surface area contributed by atoms with Crippen molar-refractivity contribution >= 4 is 27.5 Å². The third-order valence-corrected chi connectivity index (χ3v) is 2.34. The monoisotopic (exact) mass is 204 g/mol. The SMILES string of the molecule is C=C1C=C(Br)C(Cl)=CC1. The van der Waals surface area contributed by atoms with E-state index in [2.05, 4.69) is 22.5 Å². The minimum Gasteiger partial charge on any atom is -0.0955 e. The maximum absolute atomic E-state index is 5.74. The van der Waals surface area contributed by atoms with Gasteiger partial charge in [-0.15, -0.1) is 0 Å². The first-order valence-corrected chi connectivity index (χ1v) is 3.78. The van der Waals surface area contributed by atoms with Crippen molar-refractivity contribution in [2.75, 3.05) is 0 Å². The average molecular weight is 205 g/mol. The Kier molecular flexibility index (Phi) is 2.14. The van der Waals surface area contributed by atoms with Crippen LogP contribution in [0, 0.1) is 0 Å². The fourth-order valence-electron chi connectivity index (χ4n) is 0.625. The summed E-state index contributed by atoms with van der Waals surface area (Å²) in [6, 6.07) is 0. The maximum atomic E-state index is 5.74. The molecule has 0 heterocycles. The Balaban J connectivity index is 2.87. The zero-order chi connectivity index (χ0) is 6.85. The van der Waals surface area contributed by atoms with Gasteiger partial charge in [-0.1, -0.05) is 29.8 Å². The lowest BCUT2D eigenvalue weighted by Crippen LogP contribution is -1.84. The Labute approximate surface area is 68.0 Å². The Morgan fingerprint density at radius 3 is 2.78 bits per heavy atom. The smallest absolute Gasteiger partial charge is 0.0511 e. The van der Waals surface area contributed by atoms with Crippen LogP contribution in [-0.4, -0.2) is 0 Å². The third kappa shape index (κ3) is 1.70. The van der Waals surface area contributed by atoms with Crippen LogP contribution in [0.2, 0.25) is 0 Å². The van der Waals surface area contributed by atoms with E-state index in [0.717, 1.165) is 21.5 Å². The molecule has 0 radical (unpaired) electrons. The summed E-state index contributed by atoms with van der Waals surface area (Å²) in [7, 11) is 0. The third-order valence-electron chi connectivity index (χ3n) is 1.10. The Morgan fingerprint density at radius 2 is 2.33 bits per heavy atom. The number of halogens is 2. The molecule has 0 N–H and O–H groups in total. The molecule has 0 aromatic heterocycles. The van der Waals surface area contributed by atoms with Crippen LogP contribution in [0.25, 0.3) is 0 Å². The molecule has 0 fully saturated rings. The van der Waals surface area contributed by atoms with Gasteiger partial charge in [-0.25, -0.2) is 0 Å². The summed E-state index contributed by atoms with van der Waals surface area (Å²) < 4.78 is 0.931. The topological polar surface area (TPSA) is 0 Å². The van der Waals surface area contributed by atoms with Crippen LogP contribution in [-0.2, 0) is 0 Å². The summed E-state index contributed by atoms with van der Waals surface area (Å²) in [6.45, 7) is 3.79. The molecule has 0 saturated heterocycles. The Bertz CT molecular complexity index is 201. The lowest BCUT2D eigenvalue weighted by Gasteiger charge is -2.04. The molecular formula is C7H6BrCl. The van der Waals surface area contributed by atoms with Gasteiger partial charge in [-0.05, 0) is 28.4 Å². The predicted molar refractivity (Wildman–Crippen MR) is 44.7 cm³/mol. The Morgan fingerprint density at radius 1 is 1.67 bits per heavy atom. The van der Waals surface area contributed by atoms with Gasteiger partial charge in [0.2, 0.25) is 0 Å². The van der Waals surface area contributed by atoms with E-state index in [9.17, 15) is 0 Å². The van der Waals surface area contributed by atoms with Crippen molar-refractivity contribution in [3.63, 3.8) is 0 Å². The number of rotatable bonds is 0. The predicted octanol–water partition coefficient (Wildman–Crippen LogP) is 3.35. The van der Waals surface area contributed by atoms with Crippen molar-refractivity contribution in [3.8, 4) is 0 Å². The standard InChI is InChI=1S/C7H6BrCl/c1-5-2-3-7(9)6(8)4-5/h3-4H,1-2H2. The zero-order valence-corrected chi connectivity index (χ0v) is 7.17. The highest BCUT2D eigenvalue weighted by molar-refractivity contribution is 9.12. The molecular weight excluding hydrogens is 199 g/mol. The summed E-state index contributed by atoms with van der Waals surface area (Å²) in [5.74, 6) is 0. The van der Waals surface area contributed by atoms with Crippen LogP contribution >= 0.6 is 27.5 Å². The van der Waals surface area contributed by atoms with Gasteiger partial charge in [0, 0.05) is 4.48 Å². The van der Waals surface area contributed by atoms with E-state index in [0.29, 0.717) is 0 Å². The van der Waals surface area contributed by atoms with E-state index in [-0.39, 0.29) is 0 Å². The molecule has 0 unspecified atom stereocenters. The molecule has 1 aliphatic rings. The van der Waals surface area contributed by atoms with Gasteiger partial charge in [-0.2, -0.15) is 0 Å². The second kappa shape index (κ2) is 2.72. The van der Waals surface area contributed by atoms with E-state index in [1.165, 1.54) is 0 Å². The fourth-order valence-corrected chi connectivity index (χ4v) is 1.24. The van der Waals surface area contributed by atoms with Crippen molar-refractivity contribution in [1.29, 1.82) is 0 Å². The lowest BCUT2D eigenvalue weighted by atomic mass is 10.1. The number of allylic oxidation sites excluding steroid dienone is 5. The van der Waals surface area contributed by atoms with Gasteiger partial charge in [-0.3, -0.25) is 0 Å². The van der Waals surface area contributed by atoms with Crippen molar-refractivity contribution < 1.29 is 0 Å². The molecule has 0 bridgehead atoms. The molecule has 0 atom stereocenters. The quantitative estimate of drug-likeness (QED) is 0.569. The molecule has 1 aliphatic carbocycles. The second-order valence-electron chi connectivity index (χ2n) is 1.91. The first-order chi connectivity index (χ1) is 4.20. The van der Waals surface area contributed by atoms with Crippen molar-refractivity contribution in [2.45, 2.75) is 6.42 Å². The Hall–Kier alpha value is -0.0100. The minimum atomic E-state index is 0.780. The van der Waals surface area contributed by atoms with Crippen molar-refractivity contribution in [1.82, 2.24) is 0 Å². The molecule has 0 saturated carbocycles. The van der Waals surface area contributed by atoms with Gasteiger partial charge < -0.3 is 0 Å². The molecule has 0 spiro atoms. The highest BCUT2D eigenvalue weighted by Gasteiger charge is 2.03. The number of hydrogen-bond acceptors (Lipinski definition) is 0. The fraction of sp³-hybridized carbons (Fsp3) is 0.143. The highest BCUT2D eigenvalue weighted by atomic mass is 79.9. The van der Waals surface area contributed by atoms with Gasteiger partial charge in [0.15, 0.2) is 0 Å². The molecule has 0 amide bonds. The van der Waals surface area contributed by atoms with Crippen molar-refractivity contribution in [3.05, 3.63) is 33.8 Å². The van der Waals surface area contributed by atoms with E-state index in [1.54, 1.807) is 0 Å². The minimum absolute atomic E-state index is 0.780. The van der Waals surface area contributed by atoms with Gasteiger partial charge in [0.1, 0.15) is 0 Å². The van der Waals surface area contributed by atoms with E-state index < -0.39 is 0 Å². The van der Waals surface area contributed by atoms with E-state index >= 15 is 0 Å². The van der Waals surface area contributed by atoms with Gasteiger partial charge in [0.05, 0.1) is 5.03 Å². The van der Waals surface area contributed by atoms with Crippen LogP contribution in [0.3, 0.4) is 0 Å². The van der Waals surface area contributed by atoms with E-state index in [1.807, 2.05) is 12.2 Å². The molecule has 0 aliphatic heterocycles. The van der Waals surface area contributed by atoms with Crippen LogP contribution in [0.5, 0.6) is 0 Å². The van der Waals surface area contributed by atoms with Crippen LogP contribution in [0.1, 0.15) is 6.42 Å². The highest BCUT2D eigenvalue weighted by Crippen LogP contribution is 2.28. The molecule has 0 aromatic rings.